The Labute approximate surface area is 136 Å². The number of likely N-dealkylation sites (tertiary alicyclic amines) is 1. The van der Waals surface area contributed by atoms with Gasteiger partial charge in [0.15, 0.2) is 0 Å². The lowest BCUT2D eigenvalue weighted by atomic mass is 10.2. The highest BCUT2D eigenvalue weighted by Gasteiger charge is 2.32. The fraction of sp³-hybridized carbons (Fsp3) is 0.467. The second-order valence-corrected chi connectivity index (χ2v) is 6.79. The number of nitrogens with zero attached hydrogens (tertiary/aromatic N) is 3. The summed E-state index contributed by atoms with van der Waals surface area (Å²) in [6, 6.07) is 0.0488. The molecule has 3 rings (SSSR count). The van der Waals surface area contributed by atoms with Gasteiger partial charge in [0.25, 0.3) is 11.5 Å². The topological polar surface area (TPSA) is 86.4 Å². The van der Waals surface area contributed by atoms with Gasteiger partial charge in [-0.3, -0.25) is 14.4 Å². The van der Waals surface area contributed by atoms with Crippen molar-refractivity contribution in [2.45, 2.75) is 26.3 Å². The highest BCUT2D eigenvalue weighted by Crippen LogP contribution is 2.29. The molecule has 1 N–H and O–H groups in total. The van der Waals surface area contributed by atoms with E-state index in [9.17, 15) is 14.4 Å². The Bertz CT molecular complexity index is 841. The predicted molar refractivity (Wildman–Crippen MR) is 87.7 cm³/mol. The second-order valence-electron chi connectivity index (χ2n) is 5.79. The molecule has 0 spiro atoms. The highest BCUT2D eigenvalue weighted by atomic mass is 32.1. The number of rotatable bonds is 2. The number of carbonyl (C=O) groups is 2. The lowest BCUT2D eigenvalue weighted by molar-refractivity contribution is -0.129. The van der Waals surface area contributed by atoms with Crippen LogP contribution in [0.25, 0.3) is 10.2 Å². The van der Waals surface area contributed by atoms with Gasteiger partial charge in [0.2, 0.25) is 5.91 Å². The van der Waals surface area contributed by atoms with E-state index < -0.39 is 0 Å². The van der Waals surface area contributed by atoms with Gasteiger partial charge < -0.3 is 14.8 Å². The van der Waals surface area contributed by atoms with Gasteiger partial charge in [-0.25, -0.2) is 4.98 Å². The molecule has 1 saturated heterocycles. The van der Waals surface area contributed by atoms with Crippen LogP contribution >= 0.6 is 11.3 Å². The van der Waals surface area contributed by atoms with Crippen LogP contribution in [0.2, 0.25) is 0 Å². The van der Waals surface area contributed by atoms with E-state index in [4.69, 9.17) is 0 Å². The number of amides is 2. The van der Waals surface area contributed by atoms with Crippen molar-refractivity contribution in [1.82, 2.24) is 19.8 Å². The number of nitrogens with one attached hydrogen (secondary N) is 1. The van der Waals surface area contributed by atoms with Crippen LogP contribution in [0.5, 0.6) is 0 Å². The maximum absolute atomic E-state index is 12.8. The average Bonchev–Trinajstić information content (AvgIpc) is 3.12. The zero-order valence-electron chi connectivity index (χ0n) is 13.3. The van der Waals surface area contributed by atoms with Crippen LogP contribution < -0.4 is 5.56 Å². The monoisotopic (exact) mass is 334 g/mol. The Hall–Kier alpha value is -2.22. The lowest BCUT2D eigenvalue weighted by Gasteiger charge is -2.23. The number of H-pyrrole nitrogens is 1. The van der Waals surface area contributed by atoms with Crippen molar-refractivity contribution in [2.24, 2.45) is 0 Å². The van der Waals surface area contributed by atoms with Gasteiger partial charge in [0.05, 0.1) is 22.6 Å². The molecule has 1 fully saturated rings. The van der Waals surface area contributed by atoms with Crippen LogP contribution in [0.3, 0.4) is 0 Å². The molecular weight excluding hydrogens is 316 g/mol. The Morgan fingerprint density at radius 2 is 2.22 bits per heavy atom. The summed E-state index contributed by atoms with van der Waals surface area (Å²) in [7, 11) is 1.76. The summed E-state index contributed by atoms with van der Waals surface area (Å²) in [5, 5.41) is 0.484. The predicted octanol–water partition coefficient (Wildman–Crippen LogP) is 0.986. The number of fused-ring (bicyclic) bond motifs is 1. The molecular formula is C15H18N4O3S. The highest BCUT2D eigenvalue weighted by molar-refractivity contribution is 7.20. The first-order chi connectivity index (χ1) is 10.9. The van der Waals surface area contributed by atoms with Gasteiger partial charge in [-0.05, 0) is 18.9 Å². The molecule has 2 aromatic heterocycles. The van der Waals surface area contributed by atoms with Crippen molar-refractivity contribution in [3.8, 4) is 0 Å². The largest absolute Gasteiger partial charge is 0.341 e. The van der Waals surface area contributed by atoms with E-state index in [1.807, 2.05) is 0 Å². The van der Waals surface area contributed by atoms with Gasteiger partial charge in [0, 0.05) is 27.1 Å². The van der Waals surface area contributed by atoms with Crippen molar-refractivity contribution >= 4 is 33.4 Å². The third kappa shape index (κ3) is 2.63. The van der Waals surface area contributed by atoms with Gasteiger partial charge in [-0.15, -0.1) is 11.3 Å². The van der Waals surface area contributed by atoms with Gasteiger partial charge in [-0.1, -0.05) is 0 Å². The van der Waals surface area contributed by atoms with E-state index in [1.165, 1.54) is 24.6 Å². The molecule has 23 heavy (non-hydrogen) atoms. The van der Waals surface area contributed by atoms with E-state index in [0.717, 1.165) is 6.42 Å². The number of thiophene rings is 1. The van der Waals surface area contributed by atoms with Crippen molar-refractivity contribution in [1.29, 1.82) is 0 Å². The van der Waals surface area contributed by atoms with Crippen molar-refractivity contribution < 1.29 is 9.59 Å². The van der Waals surface area contributed by atoms with Crippen molar-refractivity contribution in [2.75, 3.05) is 20.1 Å². The third-order valence-corrected chi connectivity index (χ3v) is 5.61. The number of likely N-dealkylation sites (N-methyl/N-ethyl adjacent to an activating group) is 1. The molecule has 7 nitrogen and oxygen atoms in total. The van der Waals surface area contributed by atoms with Crippen LogP contribution in [0, 0.1) is 6.92 Å². The molecule has 8 heteroatoms. The van der Waals surface area contributed by atoms with Gasteiger partial charge >= 0.3 is 0 Å². The number of aryl methyl sites for hydroxylation is 1. The molecule has 1 aliphatic rings. The van der Waals surface area contributed by atoms with Gasteiger partial charge in [0.1, 0.15) is 4.83 Å². The van der Waals surface area contributed by atoms with Crippen LogP contribution in [-0.2, 0) is 4.79 Å². The first-order valence-electron chi connectivity index (χ1n) is 7.39. The average molecular weight is 334 g/mol. The lowest BCUT2D eigenvalue weighted by Crippen LogP contribution is -2.38. The molecule has 1 aliphatic heterocycles. The fourth-order valence-electron chi connectivity index (χ4n) is 2.93. The molecule has 3 heterocycles. The number of hydrogen-bond donors (Lipinski definition) is 1. The third-order valence-electron chi connectivity index (χ3n) is 4.42. The molecule has 2 aromatic rings. The fourth-order valence-corrected chi connectivity index (χ4v) is 4.04. The van der Waals surface area contributed by atoms with Crippen LogP contribution in [0.15, 0.2) is 11.1 Å². The van der Waals surface area contributed by atoms with Crippen molar-refractivity contribution in [3.63, 3.8) is 0 Å². The van der Waals surface area contributed by atoms with E-state index in [-0.39, 0.29) is 23.4 Å². The standard InChI is InChI=1S/C15H18N4O3S/c1-8-11-13(21)16-7-17-14(11)23-12(8)15(22)19-5-4-10(6-19)18(3)9(2)20/h7,10H,4-6H2,1-3H3,(H,16,17,21)/t10-/m1/s1. The van der Waals surface area contributed by atoms with E-state index >= 15 is 0 Å². The summed E-state index contributed by atoms with van der Waals surface area (Å²) in [6.07, 6.45) is 2.12. The smallest absolute Gasteiger partial charge is 0.264 e. The Kier molecular flexibility index (Phi) is 3.93. The molecule has 0 unspecified atom stereocenters. The molecule has 1 atom stereocenters. The number of aromatic nitrogens is 2. The van der Waals surface area contributed by atoms with Crippen LogP contribution in [0.4, 0.5) is 0 Å². The molecule has 0 aromatic carbocycles. The maximum atomic E-state index is 12.8. The van der Waals surface area contributed by atoms with Crippen molar-refractivity contribution in [3.05, 3.63) is 27.1 Å². The number of aromatic amines is 1. The number of carbonyl (C=O) groups excluding carboxylic acids is 2. The summed E-state index contributed by atoms with van der Waals surface area (Å²) in [5.41, 5.74) is 0.450. The minimum atomic E-state index is -0.224. The van der Waals surface area contributed by atoms with Gasteiger partial charge in [-0.2, -0.15) is 0 Å². The number of hydrogen-bond acceptors (Lipinski definition) is 5. The molecule has 0 radical (unpaired) electrons. The van der Waals surface area contributed by atoms with E-state index in [0.29, 0.717) is 33.7 Å². The molecule has 0 saturated carbocycles. The van der Waals surface area contributed by atoms with E-state index in [1.54, 1.807) is 23.8 Å². The minimum absolute atomic E-state index is 0.00178. The Morgan fingerprint density at radius 1 is 1.48 bits per heavy atom. The van der Waals surface area contributed by atoms with E-state index in [2.05, 4.69) is 9.97 Å². The summed E-state index contributed by atoms with van der Waals surface area (Å²) < 4.78 is 0. The summed E-state index contributed by atoms with van der Waals surface area (Å²) in [4.78, 5) is 47.4. The normalized spacial score (nSPS) is 17.7. The summed E-state index contributed by atoms with van der Waals surface area (Å²) in [6.45, 7) is 4.43. The molecule has 0 aliphatic carbocycles. The van der Waals surface area contributed by atoms with Crippen LogP contribution in [0.1, 0.15) is 28.6 Å². The Balaban J connectivity index is 1.88. The van der Waals surface area contributed by atoms with Crippen LogP contribution in [-0.4, -0.2) is 57.8 Å². The zero-order chi connectivity index (χ0) is 16.7. The zero-order valence-corrected chi connectivity index (χ0v) is 14.1. The maximum Gasteiger partial charge on any atom is 0.264 e. The summed E-state index contributed by atoms with van der Waals surface area (Å²) >= 11 is 1.25. The minimum Gasteiger partial charge on any atom is -0.341 e. The molecule has 122 valence electrons. The second kappa shape index (κ2) is 5.77. The molecule has 2 amide bonds. The quantitative estimate of drug-likeness (QED) is 0.887. The SMILES string of the molecule is CC(=O)N(C)[C@@H]1CCN(C(=O)c2sc3nc[nH]c(=O)c3c2C)C1. The first-order valence-corrected chi connectivity index (χ1v) is 8.21. The Morgan fingerprint density at radius 3 is 2.87 bits per heavy atom. The molecule has 0 bridgehead atoms. The first kappa shape index (κ1) is 15.7. The summed E-state index contributed by atoms with van der Waals surface area (Å²) in [5.74, 6) is -0.0950.